The molecule has 3 aromatic heterocycles. The molecular formula is C20H20N8OS. The molecule has 0 atom stereocenters. The first-order valence-electron chi connectivity index (χ1n) is 9.71. The summed E-state index contributed by atoms with van der Waals surface area (Å²) in [7, 11) is 0. The Morgan fingerprint density at radius 3 is 2.87 bits per heavy atom. The maximum Gasteiger partial charge on any atom is 0.275 e. The average molecular weight is 421 g/mol. The van der Waals surface area contributed by atoms with Crippen molar-refractivity contribution in [3.63, 3.8) is 0 Å². The summed E-state index contributed by atoms with van der Waals surface area (Å²) in [5.74, 6) is 0.365. The van der Waals surface area contributed by atoms with Crippen LogP contribution >= 0.6 is 11.3 Å². The van der Waals surface area contributed by atoms with Crippen molar-refractivity contribution in [2.24, 2.45) is 5.73 Å². The van der Waals surface area contributed by atoms with Crippen LogP contribution in [0.25, 0.3) is 16.0 Å². The highest BCUT2D eigenvalue weighted by molar-refractivity contribution is 7.12. The average Bonchev–Trinajstić information content (AvgIpc) is 3.42. The minimum absolute atomic E-state index is 0.211. The second kappa shape index (κ2) is 7.81. The first kappa shape index (κ1) is 18.6. The summed E-state index contributed by atoms with van der Waals surface area (Å²) in [5.41, 5.74) is 7.83. The third-order valence-corrected chi connectivity index (χ3v) is 5.95. The number of anilines is 2. The summed E-state index contributed by atoms with van der Waals surface area (Å²) in [6, 6.07) is 9.80. The second-order valence-electron chi connectivity index (χ2n) is 7.19. The van der Waals surface area contributed by atoms with Gasteiger partial charge in [0.2, 0.25) is 5.13 Å². The van der Waals surface area contributed by atoms with Crippen molar-refractivity contribution in [1.82, 2.24) is 25.0 Å². The number of aromatic nitrogens is 5. The van der Waals surface area contributed by atoms with Gasteiger partial charge < -0.3 is 16.0 Å². The molecule has 0 bridgehead atoms. The van der Waals surface area contributed by atoms with E-state index >= 15 is 0 Å². The first-order valence-corrected chi connectivity index (χ1v) is 10.6. The Morgan fingerprint density at radius 1 is 1.20 bits per heavy atom. The number of nitrogens with one attached hydrogen (secondary N) is 1. The number of fused-ring (bicyclic) bond motifs is 1. The van der Waals surface area contributed by atoms with E-state index in [0.717, 1.165) is 36.8 Å². The van der Waals surface area contributed by atoms with Gasteiger partial charge in [0.1, 0.15) is 5.69 Å². The number of benzene rings is 1. The topological polar surface area (TPSA) is 115 Å². The number of hydrogen-bond donors (Lipinski definition) is 2. The Balaban J connectivity index is 1.35. The summed E-state index contributed by atoms with van der Waals surface area (Å²) in [5, 5.41) is 19.1. The zero-order valence-corrected chi connectivity index (χ0v) is 16.9. The van der Waals surface area contributed by atoms with Gasteiger partial charge in [0.05, 0.1) is 17.4 Å². The number of nitrogens with zero attached hydrogens (tertiary/aromatic N) is 6. The van der Waals surface area contributed by atoms with Gasteiger partial charge in [0.15, 0.2) is 5.82 Å². The molecule has 0 saturated carbocycles. The molecule has 0 radical (unpaired) electrons. The second-order valence-corrected chi connectivity index (χ2v) is 8.03. The van der Waals surface area contributed by atoms with Crippen molar-refractivity contribution in [3.8, 4) is 5.13 Å². The summed E-state index contributed by atoms with van der Waals surface area (Å²) in [6.07, 6.45) is 5.24. The number of carbonyl (C=O) groups is 1. The highest BCUT2D eigenvalue weighted by Gasteiger charge is 2.22. The molecule has 1 aliphatic rings. The van der Waals surface area contributed by atoms with Gasteiger partial charge in [-0.3, -0.25) is 4.79 Å². The molecule has 10 heteroatoms. The van der Waals surface area contributed by atoms with E-state index in [1.165, 1.54) is 11.3 Å². The smallest absolute Gasteiger partial charge is 0.275 e. The van der Waals surface area contributed by atoms with Crippen LogP contribution in [0, 0.1) is 0 Å². The number of amides is 1. The minimum Gasteiger partial charge on any atom is -0.353 e. The molecule has 5 rings (SSSR count). The molecule has 4 heterocycles. The zero-order valence-electron chi connectivity index (χ0n) is 16.1. The van der Waals surface area contributed by atoms with Crippen molar-refractivity contribution < 1.29 is 4.79 Å². The van der Waals surface area contributed by atoms with E-state index in [4.69, 9.17) is 5.73 Å². The molecule has 0 unspecified atom stereocenters. The van der Waals surface area contributed by atoms with Crippen LogP contribution in [-0.2, 0) is 0 Å². The quantitative estimate of drug-likeness (QED) is 0.521. The van der Waals surface area contributed by atoms with Gasteiger partial charge in [-0.05, 0) is 25.0 Å². The summed E-state index contributed by atoms with van der Waals surface area (Å²) in [4.78, 5) is 19.4. The number of nitrogens with two attached hydrogens (primary N) is 1. The molecule has 3 N–H and O–H groups in total. The molecular weight excluding hydrogens is 400 g/mol. The van der Waals surface area contributed by atoms with E-state index in [1.807, 2.05) is 30.5 Å². The molecule has 1 aliphatic heterocycles. The fraction of sp³-hybridized carbons (Fsp3) is 0.250. The van der Waals surface area contributed by atoms with Crippen LogP contribution in [0.3, 0.4) is 0 Å². The Morgan fingerprint density at radius 2 is 2.03 bits per heavy atom. The Labute approximate surface area is 176 Å². The lowest BCUT2D eigenvalue weighted by Gasteiger charge is -2.31. The van der Waals surface area contributed by atoms with Crippen molar-refractivity contribution in [1.29, 1.82) is 0 Å². The molecule has 1 fully saturated rings. The molecule has 0 spiro atoms. The molecule has 4 aromatic rings. The van der Waals surface area contributed by atoms with Gasteiger partial charge in [-0.15, -0.1) is 16.4 Å². The van der Waals surface area contributed by atoms with Crippen LogP contribution in [0.1, 0.15) is 23.3 Å². The third kappa shape index (κ3) is 3.62. The summed E-state index contributed by atoms with van der Waals surface area (Å²) in [6.45, 7) is 1.58. The Bertz CT molecular complexity index is 1160. The van der Waals surface area contributed by atoms with Crippen molar-refractivity contribution in [3.05, 3.63) is 53.8 Å². The lowest BCUT2D eigenvalue weighted by atomic mass is 10.1. The molecule has 1 amide bonds. The van der Waals surface area contributed by atoms with Gasteiger partial charge in [-0.2, -0.15) is 10.2 Å². The zero-order chi connectivity index (χ0) is 20.5. The number of hydrogen-bond acceptors (Lipinski definition) is 8. The van der Waals surface area contributed by atoms with Gasteiger partial charge in [-0.1, -0.05) is 18.2 Å². The molecule has 9 nitrogen and oxygen atoms in total. The maximum atomic E-state index is 12.8. The van der Waals surface area contributed by atoms with E-state index in [1.54, 1.807) is 22.3 Å². The third-order valence-electron chi connectivity index (χ3n) is 5.12. The highest BCUT2D eigenvalue weighted by Crippen LogP contribution is 2.26. The van der Waals surface area contributed by atoms with Crippen molar-refractivity contribution >= 4 is 39.7 Å². The van der Waals surface area contributed by atoms with Crippen molar-refractivity contribution in [2.75, 3.05) is 23.3 Å². The number of thiazole rings is 1. The van der Waals surface area contributed by atoms with E-state index in [2.05, 4.69) is 30.5 Å². The Kier molecular flexibility index (Phi) is 4.85. The van der Waals surface area contributed by atoms with E-state index in [-0.39, 0.29) is 11.9 Å². The predicted molar refractivity (Wildman–Crippen MR) is 116 cm³/mol. The fourth-order valence-corrected chi connectivity index (χ4v) is 4.22. The lowest BCUT2D eigenvalue weighted by Crippen LogP contribution is -2.40. The van der Waals surface area contributed by atoms with E-state index in [9.17, 15) is 4.79 Å². The molecule has 30 heavy (non-hydrogen) atoms. The van der Waals surface area contributed by atoms with Gasteiger partial charge in [0.25, 0.3) is 5.91 Å². The Hall–Kier alpha value is -3.37. The normalized spacial score (nSPS) is 14.9. The molecule has 1 saturated heterocycles. The van der Waals surface area contributed by atoms with Crippen LogP contribution in [-0.4, -0.2) is 50.0 Å². The van der Waals surface area contributed by atoms with Crippen LogP contribution in [0.4, 0.5) is 11.5 Å². The van der Waals surface area contributed by atoms with Crippen molar-refractivity contribution in [2.45, 2.75) is 18.9 Å². The van der Waals surface area contributed by atoms with Gasteiger partial charge in [0, 0.05) is 36.1 Å². The van der Waals surface area contributed by atoms with Gasteiger partial charge >= 0.3 is 0 Å². The largest absolute Gasteiger partial charge is 0.353 e. The fourth-order valence-electron chi connectivity index (χ4n) is 3.49. The summed E-state index contributed by atoms with van der Waals surface area (Å²) < 4.78 is 1.70. The number of rotatable bonds is 4. The maximum absolute atomic E-state index is 12.8. The molecule has 0 aliphatic carbocycles. The number of carbonyl (C=O) groups excluding carboxylic acids is 1. The van der Waals surface area contributed by atoms with Crippen LogP contribution in [0.15, 0.2) is 48.1 Å². The van der Waals surface area contributed by atoms with E-state index in [0.29, 0.717) is 22.3 Å². The molecule has 1 aromatic carbocycles. The summed E-state index contributed by atoms with van der Waals surface area (Å²) >= 11 is 1.37. The van der Waals surface area contributed by atoms with Gasteiger partial charge in [-0.25, -0.2) is 9.67 Å². The van der Waals surface area contributed by atoms with Crippen LogP contribution in [0.5, 0.6) is 0 Å². The standard InChI is InChI=1S/C20H20N8OS/c21-14-6-9-27(10-7-14)18-16(5-8-22-25-18)23-19(29)17-12-30-20(24-17)28-11-13-3-1-2-4-15(13)26-28/h1-5,8,11-12,14H,6-7,9-10,21H2,(H,22,23,29). The predicted octanol–water partition coefficient (Wildman–Crippen LogP) is 2.45. The minimum atomic E-state index is -0.294. The number of piperidine rings is 1. The first-order chi connectivity index (χ1) is 14.7. The molecule has 152 valence electrons. The lowest BCUT2D eigenvalue weighted by molar-refractivity contribution is 0.102. The van der Waals surface area contributed by atoms with Crippen LogP contribution in [0.2, 0.25) is 0 Å². The van der Waals surface area contributed by atoms with E-state index < -0.39 is 0 Å². The monoisotopic (exact) mass is 420 g/mol. The highest BCUT2D eigenvalue weighted by atomic mass is 32.1. The SMILES string of the molecule is NC1CCN(c2nnccc2NC(=O)c2csc(-n3cc4ccccc4n3)n2)CC1. The van der Waals surface area contributed by atoms with Crippen LogP contribution < -0.4 is 16.0 Å².